The molecule has 0 aliphatic carbocycles. The van der Waals surface area contributed by atoms with Crippen molar-refractivity contribution in [2.45, 2.75) is 88.4 Å². The summed E-state index contributed by atoms with van der Waals surface area (Å²) < 4.78 is 12.6. The van der Waals surface area contributed by atoms with Crippen molar-refractivity contribution in [2.24, 2.45) is 5.92 Å². The van der Waals surface area contributed by atoms with E-state index >= 15 is 4.79 Å². The lowest BCUT2D eigenvalue weighted by Gasteiger charge is -2.37. The van der Waals surface area contributed by atoms with Gasteiger partial charge in [-0.1, -0.05) is 67.7 Å². The van der Waals surface area contributed by atoms with Crippen LogP contribution in [0.3, 0.4) is 0 Å². The number of fused-ring (bicyclic) bond motifs is 2. The van der Waals surface area contributed by atoms with Crippen LogP contribution in [0, 0.1) is 5.92 Å². The molecule has 1 spiro atoms. The quantitative estimate of drug-likeness (QED) is 0.303. The van der Waals surface area contributed by atoms with Gasteiger partial charge in [0, 0.05) is 36.7 Å². The second-order valence-electron chi connectivity index (χ2n) is 15.0. The number of anilines is 2. The second kappa shape index (κ2) is 13.6. The molecule has 3 aromatic rings. The van der Waals surface area contributed by atoms with Crippen molar-refractivity contribution >= 4 is 42.4 Å². The Bertz CT molecular complexity index is 1760. The Morgan fingerprint density at radius 3 is 2.52 bits per heavy atom. The highest BCUT2D eigenvalue weighted by Crippen LogP contribution is 2.60. The van der Waals surface area contributed by atoms with E-state index in [2.05, 4.69) is 32.2 Å². The number of amides is 3. The van der Waals surface area contributed by atoms with Gasteiger partial charge in [0.05, 0.1) is 52.6 Å². The summed E-state index contributed by atoms with van der Waals surface area (Å²) in [7, 11) is -0.764. The van der Waals surface area contributed by atoms with E-state index in [9.17, 15) is 14.7 Å². The number of hydrogen-bond donors (Lipinski definition) is 1. The number of nitrogens with zero attached hydrogens (tertiary/aromatic N) is 3. The van der Waals surface area contributed by atoms with Crippen LogP contribution >= 0.6 is 0 Å². The van der Waals surface area contributed by atoms with Crippen LogP contribution in [0.5, 0.6) is 5.75 Å². The molecule has 3 aromatic carbocycles. The molecule has 0 radical (unpaired) electrons. The third kappa shape index (κ3) is 5.75. The number of piperidine rings is 1. The van der Waals surface area contributed by atoms with Crippen LogP contribution in [0.2, 0.25) is 18.6 Å². The first-order valence-corrected chi connectivity index (χ1v) is 21.2. The average molecular weight is 696 g/mol. The van der Waals surface area contributed by atoms with Crippen molar-refractivity contribution in [3.63, 3.8) is 0 Å². The molecule has 3 amide bonds. The van der Waals surface area contributed by atoms with Gasteiger partial charge >= 0.3 is 0 Å². The minimum absolute atomic E-state index is 0.0278. The molecule has 3 saturated heterocycles. The van der Waals surface area contributed by atoms with Gasteiger partial charge < -0.3 is 29.3 Å². The number of carbonyl (C=O) groups excluding carboxylic acids is 3. The smallest absolute Gasteiger partial charge is 0.264 e. The summed E-state index contributed by atoms with van der Waals surface area (Å²) in [5.74, 6) is 0.551. The van der Waals surface area contributed by atoms with Gasteiger partial charge in [0.15, 0.2) is 5.60 Å². The van der Waals surface area contributed by atoms with E-state index < -0.39 is 19.8 Å². The van der Waals surface area contributed by atoms with Crippen molar-refractivity contribution in [3.05, 3.63) is 83.9 Å². The fourth-order valence-electron chi connectivity index (χ4n) is 9.35. The van der Waals surface area contributed by atoms with Gasteiger partial charge in [-0.25, -0.2) is 0 Å². The molecule has 50 heavy (non-hydrogen) atoms. The normalized spacial score (nSPS) is 26.6. The van der Waals surface area contributed by atoms with Crippen molar-refractivity contribution in [1.82, 2.24) is 4.90 Å². The predicted octanol–water partition coefficient (Wildman–Crippen LogP) is 5.35. The summed E-state index contributed by atoms with van der Waals surface area (Å²) in [6, 6.07) is 23.9. The molecule has 7 rings (SSSR count). The zero-order chi connectivity index (χ0) is 35.2. The number of likely N-dealkylation sites (tertiary alicyclic amines) is 1. The zero-order valence-corrected chi connectivity index (χ0v) is 30.6. The molecule has 10 heteroatoms. The summed E-state index contributed by atoms with van der Waals surface area (Å²) in [5, 5.41) is 11.2. The molecule has 5 atom stereocenters. The maximum Gasteiger partial charge on any atom is 0.264 e. The van der Waals surface area contributed by atoms with Crippen LogP contribution in [0.25, 0.3) is 0 Å². The Hall–Kier alpha value is -3.99. The first-order chi connectivity index (χ1) is 24.1. The van der Waals surface area contributed by atoms with Gasteiger partial charge in [-0.15, -0.1) is 0 Å². The summed E-state index contributed by atoms with van der Waals surface area (Å²) >= 11 is 0. The topological polar surface area (TPSA) is 99.6 Å². The molecule has 264 valence electrons. The van der Waals surface area contributed by atoms with E-state index in [1.54, 1.807) is 7.11 Å². The third-order valence-corrected chi connectivity index (χ3v) is 16.3. The molecule has 0 bridgehead atoms. The third-order valence-electron chi connectivity index (χ3n) is 11.9. The highest BCUT2D eigenvalue weighted by molar-refractivity contribution is 6.91. The van der Waals surface area contributed by atoms with Crippen molar-refractivity contribution in [1.29, 1.82) is 0 Å². The summed E-state index contributed by atoms with van der Waals surface area (Å²) in [4.78, 5) is 47.4. The maximum absolute atomic E-state index is 15.1. The molecule has 4 heterocycles. The van der Waals surface area contributed by atoms with E-state index in [0.717, 1.165) is 53.9 Å². The van der Waals surface area contributed by atoms with Gasteiger partial charge in [-0.05, 0) is 67.1 Å². The van der Waals surface area contributed by atoms with Crippen LogP contribution in [0.1, 0.15) is 56.6 Å². The molecule has 1 N–H and O–H groups in total. The number of para-hydroxylation sites is 1. The molecule has 3 fully saturated rings. The lowest BCUT2D eigenvalue weighted by Crippen LogP contribution is -2.52. The summed E-state index contributed by atoms with van der Waals surface area (Å²) in [6.07, 6.45) is 3.77. The Labute approximate surface area is 296 Å². The second-order valence-corrected chi connectivity index (χ2v) is 19.7. The van der Waals surface area contributed by atoms with Crippen LogP contribution in [0.15, 0.2) is 72.8 Å². The van der Waals surface area contributed by atoms with E-state index in [-0.39, 0.29) is 48.3 Å². The maximum atomic E-state index is 15.1. The molecule has 4 aliphatic heterocycles. The first kappa shape index (κ1) is 34.5. The summed E-state index contributed by atoms with van der Waals surface area (Å²) in [6.45, 7) is 8.38. The molecule has 0 saturated carbocycles. The number of rotatable bonds is 9. The fraction of sp³-hybridized carbons (Fsp3) is 0.475. The van der Waals surface area contributed by atoms with Crippen LogP contribution in [-0.4, -0.2) is 74.8 Å². The van der Waals surface area contributed by atoms with E-state index in [1.807, 2.05) is 75.4 Å². The van der Waals surface area contributed by atoms with Crippen LogP contribution in [0.4, 0.5) is 11.4 Å². The predicted molar refractivity (Wildman–Crippen MR) is 196 cm³/mol. The van der Waals surface area contributed by atoms with Gasteiger partial charge in [0.2, 0.25) is 11.8 Å². The number of hydrogen-bond acceptors (Lipinski definition) is 6. The SMILES string of the molecule is COc1ccc([Si](C)(C)[C@H]2[C@H](CC(=O)N3CCC[C@H]3CO)O[C@@]3(C(=O)N(Cc4cccc(N5CCCCC5=O)c4)c4ccccc43)[C@@H]2C)cc1. The molecule has 4 aliphatic rings. The van der Waals surface area contributed by atoms with Crippen LogP contribution < -0.4 is 19.7 Å². The van der Waals surface area contributed by atoms with Crippen molar-refractivity contribution < 1.29 is 29.0 Å². The largest absolute Gasteiger partial charge is 0.497 e. The lowest BCUT2D eigenvalue weighted by molar-refractivity contribution is -0.150. The van der Waals surface area contributed by atoms with Gasteiger partial charge in [0.25, 0.3) is 5.91 Å². The Morgan fingerprint density at radius 1 is 1.00 bits per heavy atom. The minimum Gasteiger partial charge on any atom is -0.497 e. The number of aliphatic hydroxyl groups is 1. The number of ether oxygens (including phenoxy) is 2. The fourth-order valence-corrected chi connectivity index (χ4v) is 13.4. The molecular weight excluding hydrogens is 647 g/mol. The van der Waals surface area contributed by atoms with Crippen LogP contribution in [-0.2, 0) is 31.3 Å². The standard InChI is InChI=1S/C40H49N3O6Si/c1-27-38(50(3,4)32-19-17-31(48-2)18-20-32)35(24-37(46)42-22-10-13-30(42)26-44)49-40(27)33-14-5-6-15-34(33)43(39(40)47)25-28-11-9-12-29(23-28)41-21-8-7-16-36(41)45/h5-6,9,11-12,14-15,17-20,23,27,30,35,38,44H,7-8,10,13,16,21-22,24-26H2,1-4H3/t27-,30+,35+,38-,40+/m1/s1. The van der Waals surface area contributed by atoms with Crippen molar-refractivity contribution in [3.8, 4) is 5.75 Å². The minimum atomic E-state index is -2.42. The van der Waals surface area contributed by atoms with E-state index in [4.69, 9.17) is 9.47 Å². The molecule has 9 nitrogen and oxygen atoms in total. The highest BCUT2D eigenvalue weighted by Gasteiger charge is 2.66. The van der Waals surface area contributed by atoms with Gasteiger partial charge in [0.1, 0.15) is 5.75 Å². The zero-order valence-electron chi connectivity index (χ0n) is 29.6. The van der Waals surface area contributed by atoms with E-state index in [0.29, 0.717) is 26.1 Å². The lowest BCUT2D eigenvalue weighted by atomic mass is 9.82. The Balaban J connectivity index is 1.26. The monoisotopic (exact) mass is 695 g/mol. The number of methoxy groups -OCH3 is 1. The highest BCUT2D eigenvalue weighted by atomic mass is 28.3. The van der Waals surface area contributed by atoms with Gasteiger partial charge in [-0.3, -0.25) is 14.4 Å². The van der Waals surface area contributed by atoms with Crippen molar-refractivity contribution in [2.75, 3.05) is 36.6 Å². The molecule has 0 unspecified atom stereocenters. The first-order valence-electron chi connectivity index (χ1n) is 18.1. The van der Waals surface area contributed by atoms with E-state index in [1.165, 1.54) is 5.19 Å². The number of carbonyl (C=O) groups is 3. The summed E-state index contributed by atoms with van der Waals surface area (Å²) in [5.41, 5.74) is 2.13. The number of aliphatic hydroxyl groups excluding tert-OH is 1. The Kier molecular flexibility index (Phi) is 9.38. The average Bonchev–Trinajstić information content (AvgIpc) is 3.79. The Morgan fingerprint density at radius 2 is 1.78 bits per heavy atom. The molecular formula is C40H49N3O6Si. The van der Waals surface area contributed by atoms with Gasteiger partial charge in [-0.2, -0.15) is 0 Å². The molecule has 0 aromatic heterocycles. The number of benzene rings is 3.